The summed E-state index contributed by atoms with van der Waals surface area (Å²) in [5, 5.41) is 1.93. The van der Waals surface area contributed by atoms with Crippen molar-refractivity contribution in [3.8, 4) is 5.75 Å². The van der Waals surface area contributed by atoms with E-state index in [9.17, 15) is 4.79 Å². The third-order valence-corrected chi connectivity index (χ3v) is 3.44. The summed E-state index contributed by atoms with van der Waals surface area (Å²) in [7, 11) is 0. The number of halogens is 1. The second-order valence-electron chi connectivity index (χ2n) is 3.70. The highest BCUT2D eigenvalue weighted by molar-refractivity contribution is 7.17. The fourth-order valence-corrected chi connectivity index (χ4v) is 2.46. The molecular formula is C14H10ClNO2S. The van der Waals surface area contributed by atoms with Gasteiger partial charge in [-0.25, -0.2) is 4.79 Å². The summed E-state index contributed by atoms with van der Waals surface area (Å²) in [4.78, 5) is 16.1. The number of nitrogens with zero attached hydrogens (tertiary/aromatic N) is 1. The molecule has 2 heterocycles. The predicted molar refractivity (Wildman–Crippen MR) is 78.3 cm³/mol. The van der Waals surface area contributed by atoms with Crippen LogP contribution in [0.15, 0.2) is 54.0 Å². The average molecular weight is 292 g/mol. The molecule has 0 amide bonds. The first kappa shape index (κ1) is 13.5. The summed E-state index contributed by atoms with van der Waals surface area (Å²) in [6.45, 7) is 0. The lowest BCUT2D eigenvalue weighted by Gasteiger charge is -2.04. The molecule has 5 heteroatoms. The number of hydrogen-bond acceptors (Lipinski definition) is 4. The van der Waals surface area contributed by atoms with Gasteiger partial charge in [0.25, 0.3) is 0 Å². The molecule has 0 fully saturated rings. The Morgan fingerprint density at radius 1 is 1.11 bits per heavy atom. The van der Waals surface area contributed by atoms with Crippen molar-refractivity contribution in [2.45, 2.75) is 0 Å². The first-order chi connectivity index (χ1) is 8.84. The van der Waals surface area contributed by atoms with Gasteiger partial charge in [-0.2, -0.15) is 0 Å². The zero-order valence-corrected chi connectivity index (χ0v) is 11.4. The first-order valence-corrected chi connectivity index (χ1v) is 6.32. The van der Waals surface area contributed by atoms with Gasteiger partial charge in [-0.05, 0) is 23.6 Å². The van der Waals surface area contributed by atoms with E-state index in [1.54, 1.807) is 24.4 Å². The number of hydrogen-bond donors (Lipinski definition) is 0. The van der Waals surface area contributed by atoms with Crippen molar-refractivity contribution in [3.63, 3.8) is 0 Å². The van der Waals surface area contributed by atoms with Crippen LogP contribution in [0.4, 0.5) is 0 Å². The van der Waals surface area contributed by atoms with Crippen LogP contribution in [-0.4, -0.2) is 11.0 Å². The number of aromatic nitrogens is 1. The molecule has 0 aliphatic rings. The lowest BCUT2D eigenvalue weighted by molar-refractivity contribution is 0.0737. The van der Waals surface area contributed by atoms with Gasteiger partial charge < -0.3 is 4.74 Å². The third-order valence-electron chi connectivity index (χ3n) is 2.52. The van der Waals surface area contributed by atoms with Crippen molar-refractivity contribution in [1.29, 1.82) is 0 Å². The van der Waals surface area contributed by atoms with Crippen molar-refractivity contribution in [3.05, 3.63) is 59.6 Å². The number of carbonyl (C=O) groups is 1. The van der Waals surface area contributed by atoms with Gasteiger partial charge in [0.2, 0.25) is 0 Å². The number of thiophene rings is 1. The van der Waals surface area contributed by atoms with Crippen LogP contribution in [0.5, 0.6) is 5.75 Å². The second kappa shape index (κ2) is 5.82. The summed E-state index contributed by atoms with van der Waals surface area (Å²) in [5.41, 5.74) is 1.39. The molecule has 0 atom stereocenters. The minimum atomic E-state index is -0.350. The van der Waals surface area contributed by atoms with E-state index in [0.717, 1.165) is 10.2 Å². The lowest BCUT2D eigenvalue weighted by Crippen LogP contribution is -2.08. The molecule has 2 aromatic heterocycles. The van der Waals surface area contributed by atoms with Gasteiger partial charge in [0, 0.05) is 12.3 Å². The first-order valence-electron chi connectivity index (χ1n) is 5.44. The van der Waals surface area contributed by atoms with Crippen LogP contribution in [0, 0.1) is 0 Å². The summed E-state index contributed by atoms with van der Waals surface area (Å²) < 4.78 is 6.29. The van der Waals surface area contributed by atoms with Crippen molar-refractivity contribution in [1.82, 2.24) is 4.98 Å². The van der Waals surface area contributed by atoms with Gasteiger partial charge in [0.15, 0.2) is 5.75 Å². The number of ether oxygens (including phenoxy) is 1. The van der Waals surface area contributed by atoms with Gasteiger partial charge in [0.05, 0.1) is 15.8 Å². The summed E-state index contributed by atoms with van der Waals surface area (Å²) >= 11 is 1.51. The van der Waals surface area contributed by atoms with Crippen molar-refractivity contribution in [2.24, 2.45) is 0 Å². The number of benzene rings is 1. The molecule has 0 aliphatic heterocycles. The van der Waals surface area contributed by atoms with E-state index in [1.165, 1.54) is 11.3 Å². The normalized spacial score (nSPS) is 9.89. The Bertz CT molecular complexity index is 697. The molecule has 0 spiro atoms. The maximum absolute atomic E-state index is 11.9. The Labute approximate surface area is 120 Å². The quantitative estimate of drug-likeness (QED) is 0.671. The monoisotopic (exact) mass is 291 g/mol. The molecule has 3 nitrogen and oxygen atoms in total. The number of pyridine rings is 1. The van der Waals surface area contributed by atoms with Crippen LogP contribution in [0.25, 0.3) is 10.2 Å². The largest absolute Gasteiger partial charge is 0.421 e. The van der Waals surface area contributed by atoms with Crippen LogP contribution < -0.4 is 4.74 Å². The predicted octanol–water partition coefficient (Wildman–Crippen LogP) is 3.94. The van der Waals surface area contributed by atoms with Crippen LogP contribution in [-0.2, 0) is 0 Å². The molecule has 1 aromatic carbocycles. The van der Waals surface area contributed by atoms with Crippen LogP contribution in [0.3, 0.4) is 0 Å². The minimum absolute atomic E-state index is 0. The van der Waals surface area contributed by atoms with Gasteiger partial charge in [-0.15, -0.1) is 23.7 Å². The summed E-state index contributed by atoms with van der Waals surface area (Å²) in [6.07, 6.45) is 1.64. The molecule has 0 aliphatic carbocycles. The maximum Gasteiger partial charge on any atom is 0.343 e. The molecule has 0 saturated heterocycles. The van der Waals surface area contributed by atoms with Gasteiger partial charge >= 0.3 is 5.97 Å². The lowest BCUT2D eigenvalue weighted by atomic mass is 10.2. The fraction of sp³-hybridized carbons (Fsp3) is 0. The number of carbonyl (C=O) groups excluding carboxylic acids is 1. The Kier molecular flexibility index (Phi) is 4.14. The molecule has 3 rings (SSSR count). The van der Waals surface area contributed by atoms with Crippen LogP contribution in [0.1, 0.15) is 10.4 Å². The molecular weight excluding hydrogens is 282 g/mol. The van der Waals surface area contributed by atoms with E-state index in [2.05, 4.69) is 4.98 Å². The SMILES string of the molecule is Cl.O=C(Oc1ccnc2ccsc12)c1ccccc1. The van der Waals surface area contributed by atoms with E-state index in [-0.39, 0.29) is 18.4 Å². The Morgan fingerprint density at radius 2 is 1.89 bits per heavy atom. The summed E-state index contributed by atoms with van der Waals surface area (Å²) in [5.74, 6) is 0.209. The van der Waals surface area contributed by atoms with Gasteiger partial charge in [-0.3, -0.25) is 4.98 Å². The zero-order chi connectivity index (χ0) is 12.4. The molecule has 19 heavy (non-hydrogen) atoms. The number of fused-ring (bicyclic) bond motifs is 1. The molecule has 0 radical (unpaired) electrons. The van der Waals surface area contributed by atoms with E-state index in [1.807, 2.05) is 29.6 Å². The maximum atomic E-state index is 11.9. The Balaban J connectivity index is 0.00000133. The highest BCUT2D eigenvalue weighted by atomic mass is 35.5. The molecule has 0 saturated carbocycles. The van der Waals surface area contributed by atoms with Crippen molar-refractivity contribution in [2.75, 3.05) is 0 Å². The smallest absolute Gasteiger partial charge is 0.343 e. The molecule has 0 unspecified atom stereocenters. The van der Waals surface area contributed by atoms with E-state index >= 15 is 0 Å². The fourth-order valence-electron chi connectivity index (χ4n) is 1.66. The van der Waals surface area contributed by atoms with Gasteiger partial charge in [-0.1, -0.05) is 18.2 Å². The summed E-state index contributed by atoms with van der Waals surface area (Å²) in [6, 6.07) is 12.6. The number of rotatable bonds is 2. The van der Waals surface area contributed by atoms with Crippen LogP contribution in [0.2, 0.25) is 0 Å². The standard InChI is InChI=1S/C14H9NO2S.ClH/c16-14(10-4-2-1-3-5-10)17-12-6-8-15-11-7-9-18-13(11)12;/h1-9H;1H. The topological polar surface area (TPSA) is 39.2 Å². The van der Waals surface area contributed by atoms with Crippen molar-refractivity contribution >= 4 is 39.9 Å². The molecule has 0 N–H and O–H groups in total. The number of esters is 1. The van der Waals surface area contributed by atoms with E-state index in [0.29, 0.717) is 11.3 Å². The molecule has 0 bridgehead atoms. The zero-order valence-electron chi connectivity index (χ0n) is 9.78. The van der Waals surface area contributed by atoms with E-state index in [4.69, 9.17) is 4.74 Å². The Hall–Kier alpha value is -1.91. The van der Waals surface area contributed by atoms with Crippen LogP contribution >= 0.6 is 23.7 Å². The minimum Gasteiger partial charge on any atom is -0.421 e. The average Bonchev–Trinajstić information content (AvgIpc) is 2.89. The highest BCUT2D eigenvalue weighted by Crippen LogP contribution is 2.29. The second-order valence-corrected chi connectivity index (χ2v) is 4.62. The molecule has 96 valence electrons. The highest BCUT2D eigenvalue weighted by Gasteiger charge is 2.11. The van der Waals surface area contributed by atoms with Gasteiger partial charge in [0.1, 0.15) is 0 Å². The van der Waals surface area contributed by atoms with E-state index < -0.39 is 0 Å². The molecule has 3 aromatic rings. The third kappa shape index (κ3) is 2.75. The van der Waals surface area contributed by atoms with Crippen molar-refractivity contribution < 1.29 is 9.53 Å². The Morgan fingerprint density at radius 3 is 2.68 bits per heavy atom.